The summed E-state index contributed by atoms with van der Waals surface area (Å²) in [6, 6.07) is 6.49. The van der Waals surface area contributed by atoms with Crippen LogP contribution in [0.4, 0.5) is 5.82 Å². The number of anilines is 1. The van der Waals surface area contributed by atoms with Crippen LogP contribution in [0.2, 0.25) is 0 Å². The average molecular weight is 324 g/mol. The monoisotopic (exact) mass is 323 g/mol. The van der Waals surface area contributed by atoms with E-state index in [1.165, 1.54) is 16.8 Å². The van der Waals surface area contributed by atoms with Crippen molar-refractivity contribution < 1.29 is 14.7 Å². The lowest BCUT2D eigenvalue weighted by molar-refractivity contribution is -0.116. The molecule has 0 spiro atoms. The molecule has 19 heavy (non-hydrogen) atoms. The fourth-order valence-electron chi connectivity index (χ4n) is 1.55. The zero-order valence-corrected chi connectivity index (χ0v) is 11.3. The summed E-state index contributed by atoms with van der Waals surface area (Å²) in [7, 11) is 0. The number of hydrogen-bond acceptors (Lipinski definition) is 3. The van der Waals surface area contributed by atoms with Gasteiger partial charge in [0.15, 0.2) is 0 Å². The lowest BCUT2D eigenvalue weighted by Crippen LogP contribution is -2.21. The van der Waals surface area contributed by atoms with E-state index < -0.39 is 5.97 Å². The molecule has 0 fully saturated rings. The molecule has 7 heteroatoms. The number of carboxylic acids is 1. The smallest absolute Gasteiger partial charge is 0.352 e. The van der Waals surface area contributed by atoms with E-state index in [-0.39, 0.29) is 18.1 Å². The number of carboxylic acid groups (broad SMARTS) is 1. The van der Waals surface area contributed by atoms with Gasteiger partial charge in [-0.2, -0.15) is 0 Å². The van der Waals surface area contributed by atoms with Gasteiger partial charge in [0.05, 0.1) is 4.47 Å². The minimum atomic E-state index is -1.07. The first kappa shape index (κ1) is 13.3. The Bertz CT molecular complexity index is 624. The SMILES string of the molecule is O=C(Cn1cccc1C(=O)O)Nc1ncccc1Br. The van der Waals surface area contributed by atoms with Crippen molar-refractivity contribution in [3.8, 4) is 0 Å². The Morgan fingerprint density at radius 1 is 1.37 bits per heavy atom. The van der Waals surface area contributed by atoms with Crippen molar-refractivity contribution in [3.63, 3.8) is 0 Å². The number of carbonyl (C=O) groups is 2. The van der Waals surface area contributed by atoms with Gasteiger partial charge in [-0.1, -0.05) is 0 Å². The Kier molecular flexibility index (Phi) is 3.96. The highest BCUT2D eigenvalue weighted by Crippen LogP contribution is 2.18. The minimum Gasteiger partial charge on any atom is -0.477 e. The maximum absolute atomic E-state index is 11.8. The standard InChI is InChI=1S/C12H10BrN3O3/c13-8-3-1-5-14-11(8)15-10(17)7-16-6-2-4-9(16)12(18)19/h1-6H,7H2,(H,18,19)(H,14,15,17). The number of aromatic carboxylic acids is 1. The van der Waals surface area contributed by atoms with E-state index in [1.807, 2.05) is 0 Å². The number of rotatable bonds is 4. The van der Waals surface area contributed by atoms with E-state index in [4.69, 9.17) is 5.11 Å². The van der Waals surface area contributed by atoms with Crippen molar-refractivity contribution in [1.82, 2.24) is 9.55 Å². The number of halogens is 1. The molecule has 0 aliphatic heterocycles. The largest absolute Gasteiger partial charge is 0.477 e. The van der Waals surface area contributed by atoms with Gasteiger partial charge in [-0.05, 0) is 40.2 Å². The number of hydrogen-bond donors (Lipinski definition) is 2. The molecule has 2 heterocycles. The summed E-state index contributed by atoms with van der Waals surface area (Å²) in [6.07, 6.45) is 3.09. The highest BCUT2D eigenvalue weighted by Gasteiger charge is 2.12. The summed E-state index contributed by atoms with van der Waals surface area (Å²) in [4.78, 5) is 26.7. The molecule has 0 unspecified atom stereocenters. The van der Waals surface area contributed by atoms with Crippen LogP contribution in [0.3, 0.4) is 0 Å². The summed E-state index contributed by atoms with van der Waals surface area (Å²) >= 11 is 3.26. The van der Waals surface area contributed by atoms with Gasteiger partial charge in [0, 0.05) is 12.4 Å². The quantitative estimate of drug-likeness (QED) is 0.901. The number of nitrogens with zero attached hydrogens (tertiary/aromatic N) is 2. The number of amides is 1. The van der Waals surface area contributed by atoms with Crippen LogP contribution in [0.5, 0.6) is 0 Å². The third-order valence-electron chi connectivity index (χ3n) is 2.38. The number of nitrogens with one attached hydrogen (secondary N) is 1. The van der Waals surface area contributed by atoms with Gasteiger partial charge in [-0.25, -0.2) is 9.78 Å². The first-order valence-corrected chi connectivity index (χ1v) is 6.16. The molecule has 2 aromatic rings. The highest BCUT2D eigenvalue weighted by molar-refractivity contribution is 9.10. The fourth-order valence-corrected chi connectivity index (χ4v) is 1.90. The average Bonchev–Trinajstić information content (AvgIpc) is 2.80. The van der Waals surface area contributed by atoms with Crippen LogP contribution in [-0.2, 0) is 11.3 Å². The number of carbonyl (C=O) groups excluding carboxylic acids is 1. The molecule has 2 rings (SSSR count). The second-order valence-electron chi connectivity index (χ2n) is 3.71. The Morgan fingerprint density at radius 2 is 2.16 bits per heavy atom. The molecule has 0 atom stereocenters. The zero-order valence-electron chi connectivity index (χ0n) is 9.71. The minimum absolute atomic E-state index is 0.0650. The van der Waals surface area contributed by atoms with Crippen molar-refractivity contribution in [2.75, 3.05) is 5.32 Å². The summed E-state index contributed by atoms with van der Waals surface area (Å²) in [6.45, 7) is -0.0857. The fraction of sp³-hybridized carbons (Fsp3) is 0.0833. The van der Waals surface area contributed by atoms with Crippen molar-refractivity contribution in [2.45, 2.75) is 6.54 Å². The molecule has 6 nitrogen and oxygen atoms in total. The molecule has 0 saturated carbocycles. The van der Waals surface area contributed by atoms with E-state index in [0.29, 0.717) is 10.3 Å². The predicted molar refractivity (Wildman–Crippen MR) is 72.0 cm³/mol. The van der Waals surface area contributed by atoms with Crippen LogP contribution in [0.15, 0.2) is 41.1 Å². The molecule has 98 valence electrons. The molecule has 0 aromatic carbocycles. The van der Waals surface area contributed by atoms with Crippen LogP contribution in [0, 0.1) is 0 Å². The third-order valence-corrected chi connectivity index (χ3v) is 3.02. The van der Waals surface area contributed by atoms with E-state index in [0.717, 1.165) is 0 Å². The topological polar surface area (TPSA) is 84.2 Å². The Labute approximate surface area is 117 Å². The van der Waals surface area contributed by atoms with Crippen LogP contribution in [0.25, 0.3) is 0 Å². The summed E-state index contributed by atoms with van der Waals surface area (Å²) in [5.41, 5.74) is 0.0650. The van der Waals surface area contributed by atoms with E-state index >= 15 is 0 Å². The van der Waals surface area contributed by atoms with Crippen LogP contribution in [0.1, 0.15) is 10.5 Å². The summed E-state index contributed by atoms with van der Waals surface area (Å²) < 4.78 is 2.02. The van der Waals surface area contributed by atoms with Crippen molar-refractivity contribution in [3.05, 3.63) is 46.8 Å². The second kappa shape index (κ2) is 5.66. The second-order valence-corrected chi connectivity index (χ2v) is 4.56. The third kappa shape index (κ3) is 3.19. The van der Waals surface area contributed by atoms with Crippen LogP contribution >= 0.6 is 15.9 Å². The van der Waals surface area contributed by atoms with Gasteiger partial charge in [-0.3, -0.25) is 4.79 Å². The summed E-state index contributed by atoms with van der Waals surface area (Å²) in [5.74, 6) is -1.02. The maximum Gasteiger partial charge on any atom is 0.352 e. The number of aromatic nitrogens is 2. The van der Waals surface area contributed by atoms with Gasteiger partial charge in [-0.15, -0.1) is 0 Å². The van der Waals surface area contributed by atoms with E-state index in [1.54, 1.807) is 24.4 Å². The van der Waals surface area contributed by atoms with Crippen LogP contribution < -0.4 is 5.32 Å². The molecule has 0 aliphatic rings. The molecule has 0 bridgehead atoms. The molecule has 0 saturated heterocycles. The van der Waals surface area contributed by atoms with Crippen LogP contribution in [-0.4, -0.2) is 26.5 Å². The van der Waals surface area contributed by atoms with Gasteiger partial charge in [0.1, 0.15) is 18.1 Å². The van der Waals surface area contributed by atoms with Gasteiger partial charge < -0.3 is 15.0 Å². The highest BCUT2D eigenvalue weighted by atomic mass is 79.9. The van der Waals surface area contributed by atoms with Gasteiger partial charge in [0.25, 0.3) is 0 Å². The van der Waals surface area contributed by atoms with Crippen molar-refractivity contribution in [1.29, 1.82) is 0 Å². The number of pyridine rings is 1. The summed E-state index contributed by atoms with van der Waals surface area (Å²) in [5, 5.41) is 11.5. The molecular weight excluding hydrogens is 314 g/mol. The maximum atomic E-state index is 11.8. The lowest BCUT2D eigenvalue weighted by Gasteiger charge is -2.08. The Hall–Kier alpha value is -2.15. The first-order valence-electron chi connectivity index (χ1n) is 5.36. The van der Waals surface area contributed by atoms with Crippen molar-refractivity contribution in [2.24, 2.45) is 0 Å². The Morgan fingerprint density at radius 3 is 2.84 bits per heavy atom. The molecular formula is C12H10BrN3O3. The van der Waals surface area contributed by atoms with E-state index in [9.17, 15) is 9.59 Å². The van der Waals surface area contributed by atoms with Gasteiger partial charge >= 0.3 is 5.97 Å². The predicted octanol–water partition coefficient (Wildman–Crippen LogP) is 1.98. The van der Waals surface area contributed by atoms with Crippen molar-refractivity contribution >= 4 is 33.6 Å². The molecule has 0 radical (unpaired) electrons. The molecule has 1 amide bonds. The first-order chi connectivity index (χ1) is 9.08. The molecule has 2 aromatic heterocycles. The molecule has 2 N–H and O–H groups in total. The van der Waals surface area contributed by atoms with Gasteiger partial charge in [0.2, 0.25) is 5.91 Å². The normalized spacial score (nSPS) is 10.2. The zero-order chi connectivity index (χ0) is 13.8. The lowest BCUT2D eigenvalue weighted by atomic mass is 10.4. The molecule has 0 aliphatic carbocycles. The van der Waals surface area contributed by atoms with E-state index in [2.05, 4.69) is 26.2 Å². The Balaban J connectivity index is 2.08.